The topological polar surface area (TPSA) is 49.9 Å². The number of furan rings is 1. The minimum Gasteiger partial charge on any atom is -0.456 e. The Bertz CT molecular complexity index is 2790. The van der Waals surface area contributed by atoms with E-state index in [4.69, 9.17) is 14.4 Å². The molecular weight excluding hydrogens is 631 g/mol. The van der Waals surface area contributed by atoms with Gasteiger partial charge in [-0.05, 0) is 70.3 Å². The molecule has 4 nitrogen and oxygen atoms in total. The van der Waals surface area contributed by atoms with Crippen molar-refractivity contribution in [2.45, 2.75) is 6.17 Å². The summed E-state index contributed by atoms with van der Waals surface area (Å²) in [4.78, 5) is 10.6. The molecule has 0 bridgehead atoms. The average molecular weight is 660 g/mol. The molecule has 1 N–H and O–H groups in total. The van der Waals surface area contributed by atoms with Gasteiger partial charge >= 0.3 is 0 Å². The third-order valence-corrected chi connectivity index (χ3v) is 10.8. The van der Waals surface area contributed by atoms with Gasteiger partial charge in [0.05, 0.1) is 0 Å². The number of benzene rings is 7. The van der Waals surface area contributed by atoms with Crippen LogP contribution >= 0.6 is 11.3 Å². The van der Waals surface area contributed by atoms with E-state index in [1.165, 1.54) is 31.3 Å². The van der Waals surface area contributed by atoms with Crippen LogP contribution in [0.15, 0.2) is 178 Å². The van der Waals surface area contributed by atoms with Gasteiger partial charge < -0.3 is 9.73 Å². The van der Waals surface area contributed by atoms with Crippen LogP contribution in [0.1, 0.15) is 22.9 Å². The molecule has 1 unspecified atom stereocenters. The van der Waals surface area contributed by atoms with E-state index in [-0.39, 0.29) is 6.17 Å². The van der Waals surface area contributed by atoms with Crippen molar-refractivity contribution in [2.75, 3.05) is 0 Å². The SMILES string of the molecule is c1ccc(-c2cccc(C3=NC(c4cccc5c4sc4ccccc45)=NC(c4ccc5oc6ccc(-c7ccccc7)cc6c5c4)N3)c2)cc1. The molecule has 0 fully saturated rings. The maximum absolute atomic E-state index is 6.32. The number of fused-ring (bicyclic) bond motifs is 6. The summed E-state index contributed by atoms with van der Waals surface area (Å²) >= 11 is 1.80. The van der Waals surface area contributed by atoms with E-state index in [2.05, 4.69) is 157 Å². The summed E-state index contributed by atoms with van der Waals surface area (Å²) in [5.74, 6) is 1.51. The molecule has 1 atom stereocenters. The molecule has 1 aliphatic rings. The molecule has 2 aromatic heterocycles. The maximum atomic E-state index is 6.32. The van der Waals surface area contributed by atoms with Crippen LogP contribution < -0.4 is 5.32 Å². The van der Waals surface area contributed by atoms with Gasteiger partial charge in [-0.25, -0.2) is 9.98 Å². The van der Waals surface area contributed by atoms with Crippen LogP contribution in [-0.4, -0.2) is 11.7 Å². The first-order valence-corrected chi connectivity index (χ1v) is 17.6. The van der Waals surface area contributed by atoms with Crippen LogP contribution in [0.5, 0.6) is 0 Å². The smallest absolute Gasteiger partial charge is 0.160 e. The third kappa shape index (κ3) is 4.90. The van der Waals surface area contributed by atoms with Crippen molar-refractivity contribution in [3.8, 4) is 22.3 Å². The minimum absolute atomic E-state index is 0.367. The van der Waals surface area contributed by atoms with E-state index < -0.39 is 0 Å². The Hall–Kier alpha value is -6.30. The summed E-state index contributed by atoms with van der Waals surface area (Å²) in [6, 6.07) is 57.4. The van der Waals surface area contributed by atoms with Crippen molar-refractivity contribution < 1.29 is 4.42 Å². The number of nitrogens with zero attached hydrogens (tertiary/aromatic N) is 2. The molecule has 0 amide bonds. The van der Waals surface area contributed by atoms with Gasteiger partial charge in [-0.15, -0.1) is 11.3 Å². The lowest BCUT2D eigenvalue weighted by Crippen LogP contribution is -2.33. The van der Waals surface area contributed by atoms with Gasteiger partial charge in [-0.3, -0.25) is 0 Å². The molecule has 0 saturated carbocycles. The van der Waals surface area contributed by atoms with Crippen LogP contribution in [0.3, 0.4) is 0 Å². The molecule has 3 heterocycles. The highest BCUT2D eigenvalue weighted by molar-refractivity contribution is 7.26. The first kappa shape index (κ1) is 28.7. The normalized spacial score (nSPS) is 14.6. The van der Waals surface area contributed by atoms with E-state index in [0.29, 0.717) is 0 Å². The van der Waals surface area contributed by atoms with E-state index in [9.17, 15) is 0 Å². The Morgan fingerprint density at radius 2 is 1.14 bits per heavy atom. The Morgan fingerprint density at radius 1 is 0.500 bits per heavy atom. The summed E-state index contributed by atoms with van der Waals surface area (Å²) in [5, 5.41) is 8.35. The molecule has 10 rings (SSSR count). The standard InChI is InChI=1S/C45H29N3OS/c1-3-11-28(12-4-1)30-15-9-16-32(25-30)43-46-44(48-45(47-43)36-19-10-18-35-34-17-7-8-20-41(34)50-42(35)36)33-22-24-40-38(27-33)37-26-31(21-23-39(37)49-40)29-13-5-2-6-14-29/h1-27,44H,(H,46,47,48). The van der Waals surface area contributed by atoms with Crippen LogP contribution in [0.25, 0.3) is 64.4 Å². The number of thiophene rings is 1. The maximum Gasteiger partial charge on any atom is 0.160 e. The number of hydrogen-bond acceptors (Lipinski definition) is 5. The average Bonchev–Trinajstić information content (AvgIpc) is 3.76. The highest BCUT2D eigenvalue weighted by Crippen LogP contribution is 2.38. The van der Waals surface area contributed by atoms with E-state index in [1.54, 1.807) is 11.3 Å². The largest absolute Gasteiger partial charge is 0.456 e. The van der Waals surface area contributed by atoms with Crippen LogP contribution in [-0.2, 0) is 0 Å². The highest BCUT2D eigenvalue weighted by Gasteiger charge is 2.24. The van der Waals surface area contributed by atoms with Gasteiger partial charge in [0.1, 0.15) is 23.2 Å². The fourth-order valence-corrected chi connectivity index (χ4v) is 8.27. The Labute approximate surface area is 292 Å². The molecule has 9 aromatic rings. The quantitative estimate of drug-likeness (QED) is 0.200. The highest BCUT2D eigenvalue weighted by atomic mass is 32.1. The summed E-state index contributed by atoms with van der Waals surface area (Å²) in [5.41, 5.74) is 9.45. The number of nitrogens with one attached hydrogen (secondary N) is 1. The second-order valence-corrected chi connectivity index (χ2v) is 13.7. The minimum atomic E-state index is -0.367. The lowest BCUT2D eigenvalue weighted by Gasteiger charge is -2.24. The predicted molar refractivity (Wildman–Crippen MR) is 209 cm³/mol. The Balaban J connectivity index is 1.13. The zero-order valence-corrected chi connectivity index (χ0v) is 27.7. The zero-order chi connectivity index (χ0) is 33.0. The molecule has 0 spiro atoms. The van der Waals surface area contributed by atoms with Crippen molar-refractivity contribution in [3.63, 3.8) is 0 Å². The predicted octanol–water partition coefficient (Wildman–Crippen LogP) is 11.8. The van der Waals surface area contributed by atoms with Crippen LogP contribution in [0, 0.1) is 0 Å². The van der Waals surface area contributed by atoms with E-state index in [1.807, 2.05) is 12.1 Å². The van der Waals surface area contributed by atoms with Gasteiger partial charge in [0.2, 0.25) is 0 Å². The molecule has 7 aromatic carbocycles. The molecule has 50 heavy (non-hydrogen) atoms. The van der Waals surface area contributed by atoms with Crippen molar-refractivity contribution in [1.82, 2.24) is 5.32 Å². The monoisotopic (exact) mass is 659 g/mol. The summed E-state index contributed by atoms with van der Waals surface area (Å²) < 4.78 is 8.77. The molecule has 0 aliphatic carbocycles. The summed E-state index contributed by atoms with van der Waals surface area (Å²) in [6.45, 7) is 0. The Kier molecular flexibility index (Phi) is 6.71. The van der Waals surface area contributed by atoms with Crippen LogP contribution in [0.4, 0.5) is 0 Å². The fourth-order valence-electron chi connectivity index (χ4n) is 7.06. The van der Waals surface area contributed by atoms with E-state index in [0.717, 1.165) is 61.4 Å². The Morgan fingerprint density at radius 3 is 1.96 bits per heavy atom. The lowest BCUT2D eigenvalue weighted by atomic mass is 10.0. The second kappa shape index (κ2) is 11.7. The van der Waals surface area contributed by atoms with E-state index >= 15 is 0 Å². The molecular formula is C45H29N3OS. The van der Waals surface area contributed by atoms with Crippen LogP contribution in [0.2, 0.25) is 0 Å². The van der Waals surface area contributed by atoms with Gasteiger partial charge in [0.15, 0.2) is 5.84 Å². The number of hydrogen-bond donors (Lipinski definition) is 1. The molecule has 236 valence electrons. The fraction of sp³-hybridized carbons (Fsp3) is 0.0222. The van der Waals surface area contributed by atoms with Gasteiger partial charge in [-0.2, -0.15) is 0 Å². The summed E-state index contributed by atoms with van der Waals surface area (Å²) in [6.07, 6.45) is -0.367. The first-order chi connectivity index (χ1) is 24.7. The zero-order valence-electron chi connectivity index (χ0n) is 26.9. The molecule has 1 aliphatic heterocycles. The van der Waals surface area contributed by atoms with Gasteiger partial charge in [-0.1, -0.05) is 121 Å². The lowest BCUT2D eigenvalue weighted by molar-refractivity contribution is 0.663. The van der Waals surface area contributed by atoms with Crippen molar-refractivity contribution in [2.24, 2.45) is 9.98 Å². The third-order valence-electron chi connectivity index (χ3n) is 9.55. The number of rotatable bonds is 5. The number of aliphatic imine (C=N–C) groups is 2. The van der Waals surface area contributed by atoms with Crippen molar-refractivity contribution >= 4 is 65.1 Å². The molecule has 0 saturated heterocycles. The molecule has 0 radical (unpaired) electrons. The van der Waals surface area contributed by atoms with Crippen molar-refractivity contribution in [3.05, 3.63) is 180 Å². The van der Waals surface area contributed by atoms with Crippen molar-refractivity contribution in [1.29, 1.82) is 0 Å². The second-order valence-electron chi connectivity index (χ2n) is 12.6. The molecule has 5 heteroatoms. The summed E-state index contributed by atoms with van der Waals surface area (Å²) in [7, 11) is 0. The first-order valence-electron chi connectivity index (χ1n) is 16.8. The number of amidine groups is 2. The van der Waals surface area contributed by atoms with Gasteiger partial charge in [0.25, 0.3) is 0 Å². The van der Waals surface area contributed by atoms with Gasteiger partial charge in [0, 0.05) is 42.1 Å².